The van der Waals surface area contributed by atoms with Crippen molar-refractivity contribution in [3.8, 4) is 0 Å². The third-order valence-corrected chi connectivity index (χ3v) is 4.90. The number of aromatic nitrogens is 3. The molecule has 1 heterocycles. The molecule has 0 aliphatic heterocycles. The fraction of sp³-hybridized carbons (Fsp3) is 0.400. The van der Waals surface area contributed by atoms with Crippen molar-refractivity contribution in [2.45, 2.75) is 35.4 Å². The SMILES string of the molecule is Cn1cnnc1Sc1ccc(NC(=O)C2CCC(N)C2)cc1. The number of anilines is 1. The van der Waals surface area contributed by atoms with E-state index < -0.39 is 0 Å². The van der Waals surface area contributed by atoms with Crippen molar-refractivity contribution < 1.29 is 4.79 Å². The molecule has 3 N–H and O–H groups in total. The topological polar surface area (TPSA) is 85.8 Å². The van der Waals surface area contributed by atoms with Crippen LogP contribution in [-0.4, -0.2) is 26.7 Å². The van der Waals surface area contributed by atoms with Gasteiger partial charge in [0.05, 0.1) is 0 Å². The molecule has 1 aliphatic rings. The number of nitrogens with zero attached hydrogens (tertiary/aromatic N) is 3. The standard InChI is InChI=1S/C15H19N5OS/c1-20-9-17-19-15(20)22-13-6-4-12(5-7-13)18-14(21)10-2-3-11(16)8-10/h4-7,9-11H,2-3,8,16H2,1H3,(H,18,21). The fourth-order valence-electron chi connectivity index (χ4n) is 2.58. The van der Waals surface area contributed by atoms with E-state index in [0.29, 0.717) is 0 Å². The molecule has 6 nitrogen and oxygen atoms in total. The number of nitrogens with one attached hydrogen (secondary N) is 1. The van der Waals surface area contributed by atoms with Gasteiger partial charge in [-0.05, 0) is 55.3 Å². The lowest BCUT2D eigenvalue weighted by molar-refractivity contribution is -0.119. The molecule has 2 atom stereocenters. The molecule has 7 heteroatoms. The van der Waals surface area contributed by atoms with E-state index >= 15 is 0 Å². The first-order valence-electron chi connectivity index (χ1n) is 7.30. The van der Waals surface area contributed by atoms with Gasteiger partial charge in [-0.25, -0.2) is 0 Å². The Hall–Kier alpha value is -1.86. The summed E-state index contributed by atoms with van der Waals surface area (Å²) < 4.78 is 1.86. The molecule has 1 fully saturated rings. The number of hydrogen-bond acceptors (Lipinski definition) is 5. The highest BCUT2D eigenvalue weighted by molar-refractivity contribution is 7.99. The Balaban J connectivity index is 1.59. The summed E-state index contributed by atoms with van der Waals surface area (Å²) in [5.74, 6) is 0.115. The van der Waals surface area contributed by atoms with Gasteiger partial charge < -0.3 is 15.6 Å². The van der Waals surface area contributed by atoms with Crippen LogP contribution >= 0.6 is 11.8 Å². The Morgan fingerprint density at radius 2 is 2.14 bits per heavy atom. The smallest absolute Gasteiger partial charge is 0.227 e. The molecule has 2 aromatic rings. The minimum Gasteiger partial charge on any atom is -0.328 e. The first-order valence-corrected chi connectivity index (χ1v) is 8.12. The summed E-state index contributed by atoms with van der Waals surface area (Å²) in [6.45, 7) is 0. The van der Waals surface area contributed by atoms with Crippen LogP contribution in [0.15, 0.2) is 40.6 Å². The average Bonchev–Trinajstić information content (AvgIpc) is 3.10. The van der Waals surface area contributed by atoms with Crippen molar-refractivity contribution in [2.75, 3.05) is 5.32 Å². The van der Waals surface area contributed by atoms with Crippen LogP contribution in [0.5, 0.6) is 0 Å². The summed E-state index contributed by atoms with van der Waals surface area (Å²) in [7, 11) is 1.91. The van der Waals surface area contributed by atoms with Gasteiger partial charge in [0.1, 0.15) is 6.33 Å². The van der Waals surface area contributed by atoms with Crippen molar-refractivity contribution >= 4 is 23.4 Å². The molecule has 22 heavy (non-hydrogen) atoms. The molecule has 0 saturated heterocycles. The maximum atomic E-state index is 12.2. The number of aryl methyl sites for hydroxylation is 1. The molecule has 3 rings (SSSR count). The van der Waals surface area contributed by atoms with Crippen LogP contribution in [0.1, 0.15) is 19.3 Å². The van der Waals surface area contributed by atoms with E-state index in [2.05, 4.69) is 15.5 Å². The van der Waals surface area contributed by atoms with Gasteiger partial charge in [-0.15, -0.1) is 10.2 Å². The van der Waals surface area contributed by atoms with Crippen LogP contribution in [0.4, 0.5) is 5.69 Å². The number of carbonyl (C=O) groups excluding carboxylic acids is 1. The predicted molar refractivity (Wildman–Crippen MR) is 85.5 cm³/mol. The molecule has 0 radical (unpaired) electrons. The van der Waals surface area contributed by atoms with Crippen LogP contribution in [0.3, 0.4) is 0 Å². The van der Waals surface area contributed by atoms with Crippen LogP contribution in [0.25, 0.3) is 0 Å². The molecule has 1 aliphatic carbocycles. The minimum absolute atomic E-state index is 0.0442. The van der Waals surface area contributed by atoms with E-state index in [4.69, 9.17) is 5.73 Å². The van der Waals surface area contributed by atoms with E-state index in [9.17, 15) is 4.79 Å². The van der Waals surface area contributed by atoms with Crippen LogP contribution in [0, 0.1) is 5.92 Å². The van der Waals surface area contributed by atoms with Crippen molar-refractivity contribution in [1.29, 1.82) is 0 Å². The summed E-state index contributed by atoms with van der Waals surface area (Å²) in [4.78, 5) is 13.2. The summed E-state index contributed by atoms with van der Waals surface area (Å²) in [6, 6.07) is 7.92. The van der Waals surface area contributed by atoms with E-state index in [1.54, 1.807) is 6.33 Å². The number of hydrogen-bond donors (Lipinski definition) is 2. The zero-order valence-corrected chi connectivity index (χ0v) is 13.2. The minimum atomic E-state index is 0.0442. The summed E-state index contributed by atoms with van der Waals surface area (Å²) in [5.41, 5.74) is 6.67. The highest BCUT2D eigenvalue weighted by Gasteiger charge is 2.27. The molecule has 0 bridgehead atoms. The van der Waals surface area contributed by atoms with Gasteiger partial charge >= 0.3 is 0 Å². The molecular weight excluding hydrogens is 298 g/mol. The van der Waals surface area contributed by atoms with Crippen molar-refractivity contribution in [3.63, 3.8) is 0 Å². The number of nitrogens with two attached hydrogens (primary N) is 1. The summed E-state index contributed by atoms with van der Waals surface area (Å²) >= 11 is 1.53. The highest BCUT2D eigenvalue weighted by Crippen LogP contribution is 2.28. The third-order valence-electron chi connectivity index (χ3n) is 3.84. The van der Waals surface area contributed by atoms with Gasteiger partial charge in [0.2, 0.25) is 5.91 Å². The zero-order chi connectivity index (χ0) is 15.5. The zero-order valence-electron chi connectivity index (χ0n) is 12.4. The van der Waals surface area contributed by atoms with Crippen molar-refractivity contribution in [2.24, 2.45) is 18.7 Å². The highest BCUT2D eigenvalue weighted by atomic mass is 32.2. The van der Waals surface area contributed by atoms with Crippen molar-refractivity contribution in [1.82, 2.24) is 14.8 Å². The van der Waals surface area contributed by atoms with Gasteiger partial charge in [0.25, 0.3) is 0 Å². The second kappa shape index (κ2) is 6.50. The lowest BCUT2D eigenvalue weighted by atomic mass is 10.1. The lowest BCUT2D eigenvalue weighted by Gasteiger charge is -2.11. The van der Waals surface area contributed by atoms with E-state index in [0.717, 1.165) is 35.0 Å². The van der Waals surface area contributed by atoms with Crippen LogP contribution < -0.4 is 11.1 Å². The average molecular weight is 317 g/mol. The van der Waals surface area contributed by atoms with E-state index in [1.807, 2.05) is 35.9 Å². The normalized spacial score (nSPS) is 21.0. The maximum Gasteiger partial charge on any atom is 0.227 e. The maximum absolute atomic E-state index is 12.2. The quantitative estimate of drug-likeness (QED) is 0.901. The second-order valence-electron chi connectivity index (χ2n) is 5.61. The molecule has 0 spiro atoms. The number of amides is 1. The Morgan fingerprint density at radius 1 is 1.36 bits per heavy atom. The van der Waals surface area contributed by atoms with Crippen molar-refractivity contribution in [3.05, 3.63) is 30.6 Å². The monoisotopic (exact) mass is 317 g/mol. The Morgan fingerprint density at radius 3 is 2.73 bits per heavy atom. The van der Waals surface area contributed by atoms with E-state index in [1.165, 1.54) is 11.8 Å². The Bertz CT molecular complexity index is 654. The first-order chi connectivity index (χ1) is 10.6. The fourth-order valence-corrected chi connectivity index (χ4v) is 3.34. The summed E-state index contributed by atoms with van der Waals surface area (Å²) in [5, 5.41) is 11.7. The molecule has 1 aromatic carbocycles. The van der Waals surface area contributed by atoms with Crippen LogP contribution in [0.2, 0.25) is 0 Å². The largest absolute Gasteiger partial charge is 0.328 e. The number of rotatable bonds is 4. The second-order valence-corrected chi connectivity index (χ2v) is 6.65. The first kappa shape index (κ1) is 15.1. The van der Waals surface area contributed by atoms with E-state index in [-0.39, 0.29) is 17.9 Å². The molecule has 2 unspecified atom stereocenters. The van der Waals surface area contributed by atoms with Gasteiger partial charge in [0.15, 0.2) is 5.16 Å². The number of carbonyl (C=O) groups is 1. The van der Waals surface area contributed by atoms with Gasteiger partial charge in [-0.3, -0.25) is 4.79 Å². The molecule has 1 aromatic heterocycles. The molecular formula is C15H19N5OS. The third kappa shape index (κ3) is 3.48. The Kier molecular flexibility index (Phi) is 4.44. The molecule has 116 valence electrons. The Labute approximate surface area is 133 Å². The van der Waals surface area contributed by atoms with Crippen LogP contribution in [-0.2, 0) is 11.8 Å². The predicted octanol–water partition coefficient (Wildman–Crippen LogP) is 2.03. The van der Waals surface area contributed by atoms with Gasteiger partial charge in [-0.1, -0.05) is 0 Å². The van der Waals surface area contributed by atoms with Gasteiger partial charge in [-0.2, -0.15) is 0 Å². The number of benzene rings is 1. The molecule has 1 saturated carbocycles. The van der Waals surface area contributed by atoms with Gasteiger partial charge in [0, 0.05) is 29.6 Å². The lowest BCUT2D eigenvalue weighted by Crippen LogP contribution is -2.23. The summed E-state index contributed by atoms with van der Waals surface area (Å²) in [6.07, 6.45) is 4.27. The molecule has 1 amide bonds.